The summed E-state index contributed by atoms with van der Waals surface area (Å²) in [6.45, 7) is 4.28. The van der Waals surface area contributed by atoms with Gasteiger partial charge < -0.3 is 9.64 Å². The van der Waals surface area contributed by atoms with Gasteiger partial charge in [-0.3, -0.25) is 14.9 Å². The van der Waals surface area contributed by atoms with E-state index in [0.717, 1.165) is 46.8 Å². The van der Waals surface area contributed by atoms with Crippen molar-refractivity contribution in [3.63, 3.8) is 0 Å². The van der Waals surface area contributed by atoms with Crippen molar-refractivity contribution in [3.05, 3.63) is 54.1 Å². The van der Waals surface area contributed by atoms with Crippen LogP contribution in [0.1, 0.15) is 12.5 Å². The zero-order valence-corrected chi connectivity index (χ0v) is 17.6. The third-order valence-electron chi connectivity index (χ3n) is 4.68. The number of anilines is 1. The number of carbonyl (C=O) groups is 2. The number of fused-ring (bicyclic) bond motifs is 1. The Labute approximate surface area is 177 Å². The maximum atomic E-state index is 11.7. The molecular formula is C21H21N3O3S2. The van der Waals surface area contributed by atoms with Gasteiger partial charge in [0.2, 0.25) is 5.91 Å². The molecular weight excluding hydrogens is 406 g/mol. The first-order chi connectivity index (χ1) is 14.1. The molecule has 2 aromatic carbocycles. The number of rotatable bonds is 8. The van der Waals surface area contributed by atoms with E-state index in [9.17, 15) is 9.59 Å². The van der Waals surface area contributed by atoms with Gasteiger partial charge in [0.15, 0.2) is 5.13 Å². The van der Waals surface area contributed by atoms with Gasteiger partial charge in [0.1, 0.15) is 12.4 Å². The third-order valence-corrected chi connectivity index (χ3v) is 6.75. The molecule has 6 nitrogen and oxygen atoms in total. The van der Waals surface area contributed by atoms with Crippen LogP contribution in [0, 0.1) is 0 Å². The number of hydrogen-bond acceptors (Lipinski definition) is 7. The number of hydrogen-bond donors (Lipinski definition) is 1. The lowest BCUT2D eigenvalue weighted by Crippen LogP contribution is -2.27. The molecule has 0 radical (unpaired) electrons. The second-order valence-electron chi connectivity index (χ2n) is 6.62. The SMILES string of the molecule is CCN(CCOc1ccc(CC2SC(=O)NC2=O)cc1)c1nc2ccccc2s1. The van der Waals surface area contributed by atoms with E-state index in [4.69, 9.17) is 9.72 Å². The Morgan fingerprint density at radius 3 is 2.62 bits per heavy atom. The zero-order valence-electron chi connectivity index (χ0n) is 16.0. The Morgan fingerprint density at radius 2 is 1.93 bits per heavy atom. The smallest absolute Gasteiger partial charge is 0.286 e. The maximum absolute atomic E-state index is 11.7. The molecule has 4 rings (SSSR count). The Kier molecular flexibility index (Phi) is 6.01. The Hall–Kier alpha value is -2.58. The van der Waals surface area contributed by atoms with Crippen molar-refractivity contribution in [1.82, 2.24) is 10.3 Å². The van der Waals surface area contributed by atoms with Crippen LogP contribution in [0.4, 0.5) is 9.93 Å². The number of aromatic nitrogens is 1. The summed E-state index contributed by atoms with van der Waals surface area (Å²) in [6.07, 6.45) is 0.531. The minimum Gasteiger partial charge on any atom is -0.492 e. The van der Waals surface area contributed by atoms with Crippen LogP contribution >= 0.6 is 23.1 Å². The molecule has 1 atom stereocenters. The minimum absolute atomic E-state index is 0.213. The molecule has 150 valence electrons. The standard InChI is InChI=1S/C21H21N3O3S2/c1-2-24(20-22-16-5-3-4-6-17(16)28-20)11-12-27-15-9-7-14(8-10-15)13-18-19(25)23-21(26)29-18/h3-10,18H,2,11-13H2,1H3,(H,23,25,26). The third kappa shape index (κ3) is 4.71. The number of thioether (sulfide) groups is 1. The van der Waals surface area contributed by atoms with E-state index in [1.807, 2.05) is 42.5 Å². The Bertz CT molecular complexity index is 986. The molecule has 1 aliphatic rings. The molecule has 1 aromatic heterocycles. The fourth-order valence-electron chi connectivity index (χ4n) is 3.12. The summed E-state index contributed by atoms with van der Waals surface area (Å²) in [5.74, 6) is 0.573. The van der Waals surface area contributed by atoms with Crippen molar-refractivity contribution in [1.29, 1.82) is 0 Å². The van der Waals surface area contributed by atoms with Gasteiger partial charge in [-0.1, -0.05) is 47.4 Å². The molecule has 1 N–H and O–H groups in total. The van der Waals surface area contributed by atoms with E-state index in [1.54, 1.807) is 11.3 Å². The van der Waals surface area contributed by atoms with E-state index in [-0.39, 0.29) is 16.4 Å². The van der Waals surface area contributed by atoms with Crippen LogP contribution in [0.5, 0.6) is 5.75 Å². The number of likely N-dealkylation sites (N-methyl/N-ethyl adjacent to an activating group) is 1. The van der Waals surface area contributed by atoms with Crippen LogP contribution < -0.4 is 15.0 Å². The van der Waals surface area contributed by atoms with Gasteiger partial charge >= 0.3 is 0 Å². The summed E-state index contributed by atoms with van der Waals surface area (Å²) in [6, 6.07) is 15.9. The number of carbonyl (C=O) groups excluding carboxylic acids is 2. The molecule has 8 heteroatoms. The Morgan fingerprint density at radius 1 is 1.14 bits per heavy atom. The first kappa shape index (κ1) is 19.7. The van der Waals surface area contributed by atoms with Crippen molar-refractivity contribution in [3.8, 4) is 5.75 Å². The first-order valence-corrected chi connectivity index (χ1v) is 11.2. The molecule has 1 unspecified atom stereocenters. The van der Waals surface area contributed by atoms with Gasteiger partial charge in [0, 0.05) is 6.54 Å². The zero-order chi connectivity index (χ0) is 20.2. The number of para-hydroxylation sites is 1. The van der Waals surface area contributed by atoms with Crippen molar-refractivity contribution in [2.24, 2.45) is 0 Å². The fourth-order valence-corrected chi connectivity index (χ4v) is 5.04. The normalized spacial score (nSPS) is 16.2. The Balaban J connectivity index is 1.30. The lowest BCUT2D eigenvalue weighted by atomic mass is 10.1. The summed E-state index contributed by atoms with van der Waals surface area (Å²) in [7, 11) is 0. The summed E-state index contributed by atoms with van der Waals surface area (Å²) >= 11 is 2.74. The highest BCUT2D eigenvalue weighted by atomic mass is 32.2. The number of benzene rings is 2. The molecule has 2 heterocycles. The molecule has 1 fully saturated rings. The molecule has 29 heavy (non-hydrogen) atoms. The molecule has 2 amide bonds. The van der Waals surface area contributed by atoms with E-state index in [1.165, 1.54) is 4.70 Å². The number of ether oxygens (including phenoxy) is 1. The van der Waals surface area contributed by atoms with E-state index in [2.05, 4.69) is 23.2 Å². The first-order valence-electron chi connectivity index (χ1n) is 9.46. The number of nitrogens with zero attached hydrogens (tertiary/aromatic N) is 2. The summed E-state index contributed by atoms with van der Waals surface area (Å²) in [5, 5.41) is 2.71. The molecule has 1 aliphatic heterocycles. The van der Waals surface area contributed by atoms with Gasteiger partial charge in [-0.05, 0) is 43.2 Å². The van der Waals surface area contributed by atoms with Gasteiger partial charge in [-0.15, -0.1) is 0 Å². The highest BCUT2D eigenvalue weighted by molar-refractivity contribution is 8.15. The lowest BCUT2D eigenvalue weighted by molar-refractivity contribution is -0.118. The summed E-state index contributed by atoms with van der Waals surface area (Å²) in [4.78, 5) is 29.9. The highest BCUT2D eigenvalue weighted by Crippen LogP contribution is 2.28. The van der Waals surface area contributed by atoms with E-state index < -0.39 is 0 Å². The number of imide groups is 1. The average Bonchev–Trinajstić information content (AvgIpc) is 3.29. The average molecular weight is 428 g/mol. The van der Waals surface area contributed by atoms with Crippen LogP contribution in [-0.2, 0) is 11.2 Å². The predicted molar refractivity (Wildman–Crippen MR) is 118 cm³/mol. The fraction of sp³-hybridized carbons (Fsp3) is 0.286. The van der Waals surface area contributed by atoms with Gasteiger partial charge in [0.05, 0.1) is 22.0 Å². The highest BCUT2D eigenvalue weighted by Gasteiger charge is 2.31. The molecule has 0 saturated carbocycles. The monoisotopic (exact) mass is 427 g/mol. The van der Waals surface area contributed by atoms with Crippen LogP contribution in [-0.4, -0.2) is 41.1 Å². The van der Waals surface area contributed by atoms with Crippen LogP contribution in [0.2, 0.25) is 0 Å². The van der Waals surface area contributed by atoms with Gasteiger partial charge in [0.25, 0.3) is 5.24 Å². The second-order valence-corrected chi connectivity index (χ2v) is 8.81. The van der Waals surface area contributed by atoms with Crippen LogP contribution in [0.3, 0.4) is 0 Å². The van der Waals surface area contributed by atoms with Crippen molar-refractivity contribution in [2.75, 3.05) is 24.6 Å². The topological polar surface area (TPSA) is 71.5 Å². The molecule has 0 aliphatic carbocycles. The van der Waals surface area contributed by atoms with Gasteiger partial charge in [-0.2, -0.15) is 0 Å². The van der Waals surface area contributed by atoms with Crippen LogP contribution in [0.15, 0.2) is 48.5 Å². The van der Waals surface area contributed by atoms with Crippen molar-refractivity contribution in [2.45, 2.75) is 18.6 Å². The number of thiazole rings is 1. The lowest BCUT2D eigenvalue weighted by Gasteiger charge is -2.19. The second kappa shape index (κ2) is 8.84. The quantitative estimate of drug-likeness (QED) is 0.584. The maximum Gasteiger partial charge on any atom is 0.286 e. The van der Waals surface area contributed by atoms with Crippen molar-refractivity contribution < 1.29 is 14.3 Å². The largest absolute Gasteiger partial charge is 0.492 e. The molecule has 3 aromatic rings. The van der Waals surface area contributed by atoms with Crippen LogP contribution in [0.25, 0.3) is 10.2 Å². The number of nitrogens with one attached hydrogen (secondary N) is 1. The van der Waals surface area contributed by atoms with E-state index in [0.29, 0.717) is 13.0 Å². The summed E-state index contributed by atoms with van der Waals surface area (Å²) < 4.78 is 7.08. The molecule has 0 bridgehead atoms. The van der Waals surface area contributed by atoms with E-state index >= 15 is 0 Å². The predicted octanol–water partition coefficient (Wildman–Crippen LogP) is 4.10. The van der Waals surface area contributed by atoms with Gasteiger partial charge in [-0.25, -0.2) is 4.98 Å². The molecule has 1 saturated heterocycles. The molecule has 0 spiro atoms. The van der Waals surface area contributed by atoms with Crippen molar-refractivity contribution >= 4 is 49.6 Å². The minimum atomic E-state index is -0.346. The summed E-state index contributed by atoms with van der Waals surface area (Å²) in [5.41, 5.74) is 2.03. The number of amides is 2.